The minimum Gasteiger partial charge on any atom is -0.494 e. The zero-order chi connectivity index (χ0) is 26.0. The van der Waals surface area contributed by atoms with E-state index in [1.807, 2.05) is 50.5 Å². The van der Waals surface area contributed by atoms with E-state index < -0.39 is 9.84 Å². The molecule has 10 heteroatoms. The second-order valence-electron chi connectivity index (χ2n) is 8.66. The zero-order valence-electron chi connectivity index (χ0n) is 20.2. The van der Waals surface area contributed by atoms with Crippen LogP contribution in [0.1, 0.15) is 5.56 Å². The highest BCUT2D eigenvalue weighted by Crippen LogP contribution is 2.41. The molecule has 0 aliphatic rings. The maximum absolute atomic E-state index is 12.7. The predicted octanol–water partition coefficient (Wildman–Crippen LogP) is 6.17. The number of fused-ring (bicyclic) bond motifs is 1. The maximum Gasteiger partial charge on any atom is 0.179 e. The molecule has 0 saturated carbocycles. The lowest BCUT2D eigenvalue weighted by Crippen LogP contribution is -2.10. The molecule has 0 saturated heterocycles. The number of hydrogen-bond acceptors (Lipinski definition) is 8. The van der Waals surface area contributed by atoms with Crippen molar-refractivity contribution in [1.82, 2.24) is 9.88 Å². The van der Waals surface area contributed by atoms with Gasteiger partial charge in [-0.2, -0.15) is 0 Å². The number of methoxy groups -OCH3 is 1. The second kappa shape index (κ2) is 10.2. The Bertz CT molecular complexity index is 1560. The van der Waals surface area contributed by atoms with Gasteiger partial charge in [0, 0.05) is 30.1 Å². The number of rotatable bonds is 8. The smallest absolute Gasteiger partial charge is 0.179 e. The first-order valence-corrected chi connectivity index (χ1v) is 13.2. The molecule has 8 nitrogen and oxygen atoms in total. The molecule has 186 valence electrons. The molecular formula is C26H25ClN4O4S. The monoisotopic (exact) mass is 524 g/mol. The normalized spacial score (nSPS) is 11.6. The fraction of sp³-hybridized carbons (Fsp3) is 0.192. The van der Waals surface area contributed by atoms with Crippen molar-refractivity contribution in [3.8, 4) is 16.9 Å². The van der Waals surface area contributed by atoms with Gasteiger partial charge in [0.25, 0.3) is 0 Å². The molecule has 1 aromatic heterocycles. The number of nitroso groups, excluding NO2 is 1. The van der Waals surface area contributed by atoms with Gasteiger partial charge < -0.3 is 15.0 Å². The van der Waals surface area contributed by atoms with E-state index in [1.165, 1.54) is 13.3 Å². The van der Waals surface area contributed by atoms with E-state index in [1.54, 1.807) is 18.2 Å². The molecule has 0 bridgehead atoms. The van der Waals surface area contributed by atoms with Crippen molar-refractivity contribution < 1.29 is 13.2 Å². The minimum absolute atomic E-state index is 0.0183. The molecule has 4 rings (SSSR count). The Hall–Kier alpha value is -3.53. The summed E-state index contributed by atoms with van der Waals surface area (Å²) in [5.74, 6) is 0.242. The van der Waals surface area contributed by atoms with Gasteiger partial charge in [-0.05, 0) is 72.4 Å². The highest BCUT2D eigenvalue weighted by atomic mass is 35.5. The summed E-state index contributed by atoms with van der Waals surface area (Å²) in [5.41, 5.74) is 4.34. The van der Waals surface area contributed by atoms with Gasteiger partial charge >= 0.3 is 0 Å². The van der Waals surface area contributed by atoms with Crippen molar-refractivity contribution in [2.24, 2.45) is 5.18 Å². The summed E-state index contributed by atoms with van der Waals surface area (Å²) in [7, 11) is 1.83. The Balaban J connectivity index is 1.87. The van der Waals surface area contributed by atoms with Crippen LogP contribution in [0.2, 0.25) is 5.02 Å². The van der Waals surface area contributed by atoms with Crippen molar-refractivity contribution in [3.63, 3.8) is 0 Å². The highest BCUT2D eigenvalue weighted by Gasteiger charge is 2.19. The number of aromatic nitrogens is 1. The lowest BCUT2D eigenvalue weighted by Gasteiger charge is -2.16. The molecule has 0 unspecified atom stereocenters. The van der Waals surface area contributed by atoms with Gasteiger partial charge in [0.1, 0.15) is 10.6 Å². The number of benzene rings is 3. The molecule has 1 N–H and O–H groups in total. The van der Waals surface area contributed by atoms with E-state index in [4.69, 9.17) is 16.3 Å². The highest BCUT2D eigenvalue weighted by molar-refractivity contribution is 7.90. The predicted molar refractivity (Wildman–Crippen MR) is 144 cm³/mol. The van der Waals surface area contributed by atoms with E-state index >= 15 is 0 Å². The van der Waals surface area contributed by atoms with Crippen molar-refractivity contribution in [2.45, 2.75) is 11.4 Å². The van der Waals surface area contributed by atoms with Crippen LogP contribution < -0.4 is 10.1 Å². The Morgan fingerprint density at radius 1 is 1.06 bits per heavy atom. The van der Waals surface area contributed by atoms with Crippen molar-refractivity contribution in [2.75, 3.05) is 32.8 Å². The lowest BCUT2D eigenvalue weighted by atomic mass is 10.0. The molecule has 0 amide bonds. The number of nitrogens with one attached hydrogen (secondary N) is 1. The van der Waals surface area contributed by atoms with Crippen LogP contribution in [0.3, 0.4) is 0 Å². The Morgan fingerprint density at radius 2 is 1.78 bits per heavy atom. The van der Waals surface area contributed by atoms with Gasteiger partial charge in [-0.1, -0.05) is 29.8 Å². The average Bonchev–Trinajstić information content (AvgIpc) is 2.83. The lowest BCUT2D eigenvalue weighted by molar-refractivity contribution is 0.402. The second-order valence-corrected chi connectivity index (χ2v) is 11.1. The zero-order valence-corrected chi connectivity index (χ0v) is 21.8. The third-order valence-electron chi connectivity index (χ3n) is 5.63. The molecule has 36 heavy (non-hydrogen) atoms. The summed E-state index contributed by atoms with van der Waals surface area (Å²) in [6, 6.07) is 16.6. The largest absolute Gasteiger partial charge is 0.494 e. The van der Waals surface area contributed by atoms with Crippen LogP contribution in [0.5, 0.6) is 5.75 Å². The van der Waals surface area contributed by atoms with Crippen molar-refractivity contribution >= 4 is 49.4 Å². The Morgan fingerprint density at radius 3 is 2.39 bits per heavy atom. The van der Waals surface area contributed by atoms with Gasteiger partial charge in [0.15, 0.2) is 15.5 Å². The minimum atomic E-state index is -3.59. The number of nitrogens with zero attached hydrogens (tertiary/aromatic N) is 3. The van der Waals surface area contributed by atoms with Crippen LogP contribution in [0.15, 0.2) is 70.9 Å². The van der Waals surface area contributed by atoms with E-state index in [-0.39, 0.29) is 21.4 Å². The van der Waals surface area contributed by atoms with E-state index in [0.29, 0.717) is 22.2 Å². The molecule has 1 heterocycles. The molecule has 3 aromatic carbocycles. The maximum atomic E-state index is 12.7. The van der Waals surface area contributed by atoms with E-state index in [2.05, 4.69) is 20.4 Å². The number of halogens is 1. The fourth-order valence-corrected chi connectivity index (χ4v) is 4.97. The molecule has 0 radical (unpaired) electrons. The molecule has 0 atom stereocenters. The average molecular weight is 525 g/mol. The van der Waals surface area contributed by atoms with Crippen LogP contribution in [0.4, 0.5) is 17.1 Å². The first kappa shape index (κ1) is 25.6. The van der Waals surface area contributed by atoms with E-state index in [0.717, 1.165) is 29.6 Å². The summed E-state index contributed by atoms with van der Waals surface area (Å²) in [6.45, 7) is 0.793. The Labute approximate surface area is 214 Å². The van der Waals surface area contributed by atoms with Gasteiger partial charge in [-0.3, -0.25) is 4.98 Å². The number of pyridine rings is 1. The molecular weight excluding hydrogens is 500 g/mol. The van der Waals surface area contributed by atoms with Crippen molar-refractivity contribution in [1.29, 1.82) is 0 Å². The Kier molecular flexibility index (Phi) is 7.26. The molecule has 0 aliphatic carbocycles. The summed E-state index contributed by atoms with van der Waals surface area (Å²) < 4.78 is 30.6. The summed E-state index contributed by atoms with van der Waals surface area (Å²) in [4.78, 5) is 17.7. The van der Waals surface area contributed by atoms with Gasteiger partial charge in [0.05, 0.1) is 23.3 Å². The van der Waals surface area contributed by atoms with Crippen LogP contribution in [0.25, 0.3) is 22.0 Å². The van der Waals surface area contributed by atoms with E-state index in [9.17, 15) is 13.3 Å². The summed E-state index contributed by atoms with van der Waals surface area (Å²) >= 11 is 6.27. The molecule has 0 fully saturated rings. The summed E-state index contributed by atoms with van der Waals surface area (Å²) in [5, 5.41) is 7.01. The quantitative estimate of drug-likeness (QED) is 0.275. The third-order valence-corrected chi connectivity index (χ3v) is 7.02. The summed E-state index contributed by atoms with van der Waals surface area (Å²) in [6.07, 6.45) is 2.52. The van der Waals surface area contributed by atoms with Gasteiger partial charge in [0.2, 0.25) is 0 Å². The van der Waals surface area contributed by atoms with Gasteiger partial charge in [-0.25, -0.2) is 8.42 Å². The number of sulfone groups is 1. The topological polar surface area (TPSA) is 101 Å². The van der Waals surface area contributed by atoms with Gasteiger partial charge in [-0.15, -0.1) is 4.91 Å². The van der Waals surface area contributed by atoms with Crippen LogP contribution in [-0.4, -0.2) is 45.8 Å². The number of anilines is 2. The first-order chi connectivity index (χ1) is 17.1. The van der Waals surface area contributed by atoms with Crippen LogP contribution in [0, 0.1) is 4.91 Å². The standard InChI is InChI=1S/C26H25ClN4O4S/c1-31(2)15-16-5-8-19(9-6-16)29-25-20-11-17(7-10-22(20)28-14-24(25)36(4,33)34)18-12-21(27)26(30-32)23(13-18)35-3/h5-14H,15H2,1-4H3,(H,28,29). The molecule has 0 spiro atoms. The van der Waals surface area contributed by atoms with Crippen LogP contribution in [-0.2, 0) is 16.4 Å². The first-order valence-electron chi connectivity index (χ1n) is 11.0. The SMILES string of the molecule is COc1cc(-c2ccc3ncc(S(C)(=O)=O)c(Nc4ccc(CN(C)C)cc4)c3c2)cc(Cl)c1N=O. The molecule has 4 aromatic rings. The molecule has 0 aliphatic heterocycles. The fourth-order valence-electron chi connectivity index (χ4n) is 3.95. The van der Waals surface area contributed by atoms with Crippen molar-refractivity contribution in [3.05, 3.63) is 76.3 Å². The number of hydrogen-bond donors (Lipinski definition) is 1. The third kappa shape index (κ3) is 5.33. The number of ether oxygens (including phenoxy) is 1. The van der Waals surface area contributed by atoms with Crippen LogP contribution >= 0.6 is 11.6 Å².